The molecule has 43 heavy (non-hydrogen) atoms. The second-order valence-corrected chi connectivity index (χ2v) is 18.6. The summed E-state index contributed by atoms with van der Waals surface area (Å²) in [7, 11) is 0. The van der Waals surface area contributed by atoms with Gasteiger partial charge in [-0.15, -0.1) is 0 Å². The summed E-state index contributed by atoms with van der Waals surface area (Å²) in [4.78, 5) is 0. The molecule has 256 valence electrons. The van der Waals surface area contributed by atoms with Gasteiger partial charge in [0.1, 0.15) is 0 Å². The highest BCUT2D eigenvalue weighted by Gasteiger charge is 2.39. The Morgan fingerprint density at radius 3 is 0.860 bits per heavy atom. The fourth-order valence-electron chi connectivity index (χ4n) is 9.10. The van der Waals surface area contributed by atoms with E-state index >= 15 is 0 Å². The summed E-state index contributed by atoms with van der Waals surface area (Å²) in [6.07, 6.45) is 15.2. The van der Waals surface area contributed by atoms with E-state index < -0.39 is 0 Å². The minimum absolute atomic E-state index is 0.239. The van der Waals surface area contributed by atoms with Crippen LogP contribution in [0.15, 0.2) is 0 Å². The lowest BCUT2D eigenvalue weighted by atomic mass is 9.79. The van der Waals surface area contributed by atoms with Crippen molar-refractivity contribution in [2.24, 2.45) is 0 Å². The SMILES string of the molecule is CC1(C)CC(NCCCCCCNC2CC(C)(C)NC(C)(C)C2)CC(C)(C)N1.CCCCNC1CC(C)(C)NC(C)(C)C1. The number of rotatable bonds is 13. The molecule has 0 bridgehead atoms. The third kappa shape index (κ3) is 16.2. The number of piperidine rings is 3. The van der Waals surface area contributed by atoms with Crippen LogP contribution in [0, 0.1) is 0 Å². The Hall–Kier alpha value is -0.240. The monoisotopic (exact) mass is 607 g/mol. The van der Waals surface area contributed by atoms with Gasteiger partial charge in [-0.25, -0.2) is 0 Å². The summed E-state index contributed by atoms with van der Waals surface area (Å²) >= 11 is 0. The minimum atomic E-state index is 0.239. The Morgan fingerprint density at radius 2 is 0.628 bits per heavy atom. The van der Waals surface area contributed by atoms with Crippen LogP contribution < -0.4 is 31.9 Å². The van der Waals surface area contributed by atoms with E-state index in [2.05, 4.69) is 122 Å². The molecule has 0 aromatic rings. The lowest BCUT2D eigenvalue weighted by Crippen LogP contribution is -2.61. The molecule has 3 saturated heterocycles. The Bertz CT molecular complexity index is 707. The second-order valence-electron chi connectivity index (χ2n) is 18.6. The first-order valence-corrected chi connectivity index (χ1v) is 18.2. The molecular formula is C37H78N6. The van der Waals surface area contributed by atoms with Gasteiger partial charge in [0.05, 0.1) is 0 Å². The molecule has 0 aliphatic carbocycles. The summed E-state index contributed by atoms with van der Waals surface area (Å²) in [5.74, 6) is 0. The maximum Gasteiger partial charge on any atom is 0.0144 e. The normalized spacial score (nSPS) is 26.4. The predicted molar refractivity (Wildman–Crippen MR) is 190 cm³/mol. The molecule has 6 heteroatoms. The van der Waals surface area contributed by atoms with E-state index in [1.54, 1.807) is 0 Å². The number of hydrogen-bond donors (Lipinski definition) is 6. The highest BCUT2D eigenvalue weighted by atomic mass is 15.1. The van der Waals surface area contributed by atoms with Gasteiger partial charge < -0.3 is 31.9 Å². The molecule has 0 aromatic heterocycles. The van der Waals surface area contributed by atoms with Crippen molar-refractivity contribution in [1.29, 1.82) is 0 Å². The van der Waals surface area contributed by atoms with Gasteiger partial charge in [0.15, 0.2) is 0 Å². The fraction of sp³-hybridized carbons (Fsp3) is 1.00. The van der Waals surface area contributed by atoms with E-state index in [1.807, 2.05) is 0 Å². The van der Waals surface area contributed by atoms with Gasteiger partial charge in [0.25, 0.3) is 0 Å². The highest BCUT2D eigenvalue weighted by Crippen LogP contribution is 2.30. The van der Waals surface area contributed by atoms with Gasteiger partial charge in [-0.3, -0.25) is 0 Å². The van der Waals surface area contributed by atoms with Crippen LogP contribution in [0.25, 0.3) is 0 Å². The molecule has 3 heterocycles. The first-order chi connectivity index (χ1) is 19.6. The Labute approximate surface area is 269 Å². The fourth-order valence-corrected chi connectivity index (χ4v) is 9.10. The van der Waals surface area contributed by atoms with Gasteiger partial charge >= 0.3 is 0 Å². The van der Waals surface area contributed by atoms with Crippen molar-refractivity contribution in [3.63, 3.8) is 0 Å². The number of hydrogen-bond acceptors (Lipinski definition) is 6. The molecule has 0 saturated carbocycles. The number of unbranched alkanes of at least 4 members (excludes halogenated alkanes) is 4. The van der Waals surface area contributed by atoms with Crippen molar-refractivity contribution in [2.45, 2.75) is 218 Å². The quantitative estimate of drug-likeness (QED) is 0.127. The van der Waals surface area contributed by atoms with Crippen molar-refractivity contribution in [1.82, 2.24) is 31.9 Å². The average molecular weight is 607 g/mol. The maximum absolute atomic E-state index is 3.83. The zero-order chi connectivity index (χ0) is 32.6. The average Bonchev–Trinajstić information content (AvgIpc) is 2.75. The van der Waals surface area contributed by atoms with E-state index in [-0.39, 0.29) is 33.2 Å². The van der Waals surface area contributed by atoms with Crippen LogP contribution in [0.3, 0.4) is 0 Å². The van der Waals surface area contributed by atoms with Crippen molar-refractivity contribution in [3.8, 4) is 0 Å². The summed E-state index contributed by atoms with van der Waals surface area (Å²) in [5.41, 5.74) is 1.49. The van der Waals surface area contributed by atoms with Crippen molar-refractivity contribution in [2.75, 3.05) is 19.6 Å². The van der Waals surface area contributed by atoms with Gasteiger partial charge in [0, 0.05) is 51.4 Å². The van der Waals surface area contributed by atoms with Crippen LogP contribution in [0.1, 0.15) is 167 Å². The molecule has 6 N–H and O–H groups in total. The summed E-state index contributed by atoms with van der Waals surface area (Å²) in [6, 6.07) is 1.99. The maximum atomic E-state index is 3.83. The summed E-state index contributed by atoms with van der Waals surface area (Å²) in [6.45, 7) is 33.7. The molecule has 0 atom stereocenters. The van der Waals surface area contributed by atoms with Crippen molar-refractivity contribution < 1.29 is 0 Å². The molecule has 0 spiro atoms. The number of nitrogens with one attached hydrogen (secondary N) is 6. The molecule has 6 nitrogen and oxygen atoms in total. The zero-order valence-electron chi connectivity index (χ0n) is 31.3. The van der Waals surface area contributed by atoms with Gasteiger partial charge in [-0.1, -0.05) is 26.2 Å². The lowest BCUT2D eigenvalue weighted by molar-refractivity contribution is 0.145. The van der Waals surface area contributed by atoms with Crippen LogP contribution in [-0.2, 0) is 0 Å². The molecule has 0 unspecified atom stereocenters. The van der Waals surface area contributed by atoms with E-state index in [4.69, 9.17) is 0 Å². The van der Waals surface area contributed by atoms with E-state index in [0.29, 0.717) is 18.1 Å². The summed E-state index contributed by atoms with van der Waals surface area (Å²) in [5, 5.41) is 22.6. The second kappa shape index (κ2) is 16.0. The van der Waals surface area contributed by atoms with Crippen LogP contribution in [0.4, 0.5) is 0 Å². The molecule has 3 aliphatic rings. The largest absolute Gasteiger partial charge is 0.314 e. The smallest absolute Gasteiger partial charge is 0.0144 e. The van der Waals surface area contributed by atoms with E-state index in [1.165, 1.54) is 96.7 Å². The van der Waals surface area contributed by atoms with Crippen LogP contribution in [0.5, 0.6) is 0 Å². The molecule has 0 aromatic carbocycles. The first-order valence-electron chi connectivity index (χ1n) is 18.2. The Kier molecular flexibility index (Phi) is 14.5. The Morgan fingerprint density at radius 1 is 0.395 bits per heavy atom. The highest BCUT2D eigenvalue weighted by molar-refractivity contribution is 5.01. The minimum Gasteiger partial charge on any atom is -0.314 e. The van der Waals surface area contributed by atoms with Crippen molar-refractivity contribution in [3.05, 3.63) is 0 Å². The van der Waals surface area contributed by atoms with Crippen LogP contribution in [0.2, 0.25) is 0 Å². The lowest BCUT2D eigenvalue weighted by Gasteiger charge is -2.47. The van der Waals surface area contributed by atoms with Crippen molar-refractivity contribution >= 4 is 0 Å². The third-order valence-corrected chi connectivity index (χ3v) is 9.50. The van der Waals surface area contributed by atoms with E-state index in [0.717, 1.165) is 0 Å². The van der Waals surface area contributed by atoms with Crippen LogP contribution in [-0.4, -0.2) is 71.0 Å². The zero-order valence-corrected chi connectivity index (χ0v) is 31.3. The first kappa shape index (κ1) is 38.9. The molecule has 3 aliphatic heterocycles. The van der Waals surface area contributed by atoms with E-state index in [9.17, 15) is 0 Å². The summed E-state index contributed by atoms with van der Waals surface area (Å²) < 4.78 is 0. The predicted octanol–water partition coefficient (Wildman–Crippen LogP) is 7.03. The standard InChI is InChI=1S/C24H50N4.C13H28N2/c1-21(2)15-19(16-22(3,4)27-21)25-13-11-9-10-12-14-26-20-17-23(5,6)28-24(7,8)18-20;1-6-7-8-14-11-9-12(2,3)15-13(4,5)10-11/h19-20,25-28H,9-18H2,1-8H3;11,14-15H,6-10H2,1-5H3. The molecule has 3 fully saturated rings. The van der Waals surface area contributed by atoms with Gasteiger partial charge in [0.2, 0.25) is 0 Å². The van der Waals surface area contributed by atoms with Gasteiger partial charge in [-0.05, 0) is 161 Å². The molecular weight excluding hydrogens is 528 g/mol. The van der Waals surface area contributed by atoms with Gasteiger partial charge in [-0.2, -0.15) is 0 Å². The molecule has 0 amide bonds. The Balaban J connectivity index is 0.000000362. The topological polar surface area (TPSA) is 72.2 Å². The van der Waals surface area contributed by atoms with Crippen LogP contribution >= 0.6 is 0 Å². The third-order valence-electron chi connectivity index (χ3n) is 9.50. The molecule has 0 radical (unpaired) electrons. The molecule has 3 rings (SSSR count).